The summed E-state index contributed by atoms with van der Waals surface area (Å²) in [5, 5.41) is 22.1. The molecule has 2 aliphatic heterocycles. The van der Waals surface area contributed by atoms with Gasteiger partial charge < -0.3 is 24.8 Å². The maximum Gasteiger partial charge on any atom is 0.255 e. The number of nitrogens with zero attached hydrogens (tertiary/aromatic N) is 2. The van der Waals surface area contributed by atoms with Crippen LogP contribution in [-0.2, 0) is 0 Å². The molecule has 2 aliphatic rings. The van der Waals surface area contributed by atoms with Gasteiger partial charge in [-0.1, -0.05) is 0 Å². The van der Waals surface area contributed by atoms with Crippen molar-refractivity contribution in [3.05, 3.63) is 23.3 Å². The lowest BCUT2D eigenvalue weighted by Crippen LogP contribution is -2.47. The fourth-order valence-corrected chi connectivity index (χ4v) is 3.77. The van der Waals surface area contributed by atoms with Crippen LogP contribution in [0.25, 0.3) is 0 Å². The van der Waals surface area contributed by atoms with Gasteiger partial charge in [0.25, 0.3) is 5.91 Å². The van der Waals surface area contributed by atoms with Gasteiger partial charge in [-0.3, -0.25) is 4.79 Å². The Labute approximate surface area is 166 Å². The topological polar surface area (TPSA) is 94.8 Å². The molecule has 152 valence electrons. The molecule has 1 aromatic carbocycles. The van der Waals surface area contributed by atoms with Crippen LogP contribution in [0.3, 0.4) is 0 Å². The first kappa shape index (κ1) is 20.4. The third kappa shape index (κ3) is 5.15. The summed E-state index contributed by atoms with van der Waals surface area (Å²) in [5.41, 5.74) is 1.43. The molecule has 0 saturated carbocycles. The fraction of sp³-hybridized carbons (Fsp3) is 0.619. The molecule has 0 aromatic heterocycles. The number of hydrogen-bond acceptors (Lipinski definition) is 6. The van der Waals surface area contributed by atoms with E-state index in [1.54, 1.807) is 0 Å². The molecule has 1 amide bonds. The highest BCUT2D eigenvalue weighted by Crippen LogP contribution is 2.34. The van der Waals surface area contributed by atoms with Crippen molar-refractivity contribution in [3.63, 3.8) is 0 Å². The van der Waals surface area contributed by atoms with Crippen LogP contribution in [0, 0.1) is 24.2 Å². The summed E-state index contributed by atoms with van der Waals surface area (Å²) < 4.78 is 11.5. The number of unbranched alkanes of at least 4 members (excludes halogenated alkanes) is 1. The molecule has 7 heteroatoms. The molecule has 28 heavy (non-hydrogen) atoms. The Morgan fingerprint density at radius 2 is 2.21 bits per heavy atom. The van der Waals surface area contributed by atoms with Crippen LogP contribution in [0.4, 0.5) is 0 Å². The molecule has 3 rings (SSSR count). The molecule has 0 spiro atoms. The smallest absolute Gasteiger partial charge is 0.255 e. The lowest BCUT2D eigenvalue weighted by molar-refractivity contribution is 0.0219. The van der Waals surface area contributed by atoms with E-state index < -0.39 is 6.10 Å². The zero-order valence-corrected chi connectivity index (χ0v) is 16.4. The van der Waals surface area contributed by atoms with Crippen LogP contribution in [0.2, 0.25) is 0 Å². The Bertz CT molecular complexity index is 731. The quantitative estimate of drug-likeness (QED) is 0.724. The van der Waals surface area contributed by atoms with E-state index >= 15 is 0 Å². The minimum atomic E-state index is -0.481. The highest BCUT2D eigenvalue weighted by molar-refractivity contribution is 5.98. The van der Waals surface area contributed by atoms with Crippen LogP contribution >= 0.6 is 0 Å². The van der Waals surface area contributed by atoms with Crippen LogP contribution in [0.5, 0.6) is 11.5 Å². The molecule has 0 aliphatic carbocycles. The van der Waals surface area contributed by atoms with Crippen molar-refractivity contribution >= 4 is 5.91 Å². The minimum Gasteiger partial charge on any atom is -0.490 e. The van der Waals surface area contributed by atoms with Gasteiger partial charge in [-0.15, -0.1) is 0 Å². The van der Waals surface area contributed by atoms with E-state index in [4.69, 9.17) is 14.7 Å². The Morgan fingerprint density at radius 1 is 1.39 bits per heavy atom. The number of nitriles is 1. The molecule has 1 saturated heterocycles. The van der Waals surface area contributed by atoms with Gasteiger partial charge in [0, 0.05) is 31.8 Å². The summed E-state index contributed by atoms with van der Waals surface area (Å²) in [6.07, 6.45) is 2.49. The molecule has 2 atom stereocenters. The maximum absolute atomic E-state index is 12.8. The van der Waals surface area contributed by atoms with Crippen molar-refractivity contribution < 1.29 is 19.4 Å². The monoisotopic (exact) mass is 387 g/mol. The van der Waals surface area contributed by atoms with Crippen molar-refractivity contribution in [1.29, 1.82) is 5.26 Å². The third-order valence-corrected chi connectivity index (χ3v) is 5.33. The summed E-state index contributed by atoms with van der Waals surface area (Å²) in [4.78, 5) is 15.0. The summed E-state index contributed by atoms with van der Waals surface area (Å²) in [6, 6.07) is 5.86. The van der Waals surface area contributed by atoms with Crippen molar-refractivity contribution in [2.24, 2.45) is 5.92 Å². The maximum atomic E-state index is 12.8. The molecule has 0 radical (unpaired) electrons. The number of carbonyl (C=O) groups excluding carboxylic acids is 1. The van der Waals surface area contributed by atoms with Gasteiger partial charge in [-0.2, -0.15) is 5.26 Å². The number of benzene rings is 1. The first-order chi connectivity index (χ1) is 13.6. The Morgan fingerprint density at radius 3 is 3.00 bits per heavy atom. The third-order valence-electron chi connectivity index (χ3n) is 5.33. The Balaban J connectivity index is 1.56. The summed E-state index contributed by atoms with van der Waals surface area (Å²) >= 11 is 0. The highest BCUT2D eigenvalue weighted by atomic mass is 16.5. The van der Waals surface area contributed by atoms with E-state index in [1.807, 2.05) is 19.1 Å². The number of fused-ring (bicyclic) bond motifs is 1. The van der Waals surface area contributed by atoms with E-state index in [9.17, 15) is 9.90 Å². The summed E-state index contributed by atoms with van der Waals surface area (Å²) in [5.74, 6) is 0.952. The Kier molecular flexibility index (Phi) is 7.12. The number of amides is 1. The van der Waals surface area contributed by atoms with Crippen LogP contribution in [0.15, 0.2) is 12.1 Å². The predicted molar refractivity (Wildman–Crippen MR) is 105 cm³/mol. The number of ether oxygens (including phenoxy) is 2. The van der Waals surface area contributed by atoms with Crippen LogP contribution in [0.1, 0.15) is 41.6 Å². The van der Waals surface area contributed by atoms with Gasteiger partial charge in [-0.05, 0) is 50.6 Å². The lowest BCUT2D eigenvalue weighted by atomic mass is 9.93. The molecule has 2 N–H and O–H groups in total. The highest BCUT2D eigenvalue weighted by Gasteiger charge is 2.28. The summed E-state index contributed by atoms with van der Waals surface area (Å²) in [6.45, 7) is 5.75. The van der Waals surface area contributed by atoms with Crippen molar-refractivity contribution in [3.8, 4) is 17.6 Å². The number of β-amino-alcohol motifs (C(OH)–C–C–N with tert-alkyl or cyclic N) is 1. The van der Waals surface area contributed by atoms with Crippen molar-refractivity contribution in [2.45, 2.75) is 38.7 Å². The first-order valence-corrected chi connectivity index (χ1v) is 10.0. The van der Waals surface area contributed by atoms with Gasteiger partial charge >= 0.3 is 0 Å². The number of rotatable bonds is 6. The molecule has 7 nitrogen and oxygen atoms in total. The first-order valence-electron chi connectivity index (χ1n) is 10.0. The van der Waals surface area contributed by atoms with E-state index in [2.05, 4.69) is 16.3 Å². The number of carbonyl (C=O) groups is 1. The zero-order chi connectivity index (χ0) is 19.9. The SMILES string of the molecule is Cc1cc2c(c(C(=O)NC[C@@H]3CCN(CCCC#N)CC3O)c1)OCCCO2. The van der Waals surface area contributed by atoms with E-state index in [0.717, 1.165) is 37.9 Å². The van der Waals surface area contributed by atoms with Gasteiger partial charge in [-0.25, -0.2) is 0 Å². The fourth-order valence-electron chi connectivity index (χ4n) is 3.77. The number of piperidine rings is 1. The average molecular weight is 387 g/mol. The number of aryl methyl sites for hydroxylation is 1. The molecule has 0 bridgehead atoms. The number of hydrogen-bond donors (Lipinski definition) is 2. The van der Waals surface area contributed by atoms with Gasteiger partial charge in [0.15, 0.2) is 11.5 Å². The van der Waals surface area contributed by atoms with Crippen LogP contribution < -0.4 is 14.8 Å². The van der Waals surface area contributed by atoms with Crippen molar-refractivity contribution in [2.75, 3.05) is 39.4 Å². The standard InChI is InChI=1S/C21H29N3O4/c1-15-11-17(20-19(12-15)27-9-4-10-28-20)21(26)23-13-16-5-8-24(14-18(16)25)7-3-2-6-22/h11-12,16,18,25H,2-5,7-10,13-14H2,1H3,(H,23,26)/t16-,18?/m0/s1. The zero-order valence-electron chi connectivity index (χ0n) is 16.4. The van der Waals surface area contributed by atoms with E-state index in [-0.39, 0.29) is 11.8 Å². The largest absolute Gasteiger partial charge is 0.490 e. The molecule has 2 heterocycles. The molecular weight excluding hydrogens is 358 g/mol. The summed E-state index contributed by atoms with van der Waals surface area (Å²) in [7, 11) is 0. The van der Waals surface area contributed by atoms with Gasteiger partial charge in [0.05, 0.1) is 31.0 Å². The second-order valence-electron chi connectivity index (χ2n) is 7.58. The van der Waals surface area contributed by atoms with E-state index in [1.165, 1.54) is 0 Å². The normalized spacial score (nSPS) is 22.2. The number of nitrogens with one attached hydrogen (secondary N) is 1. The number of likely N-dealkylation sites (tertiary alicyclic amines) is 1. The van der Waals surface area contributed by atoms with Gasteiger partial charge in [0.2, 0.25) is 0 Å². The average Bonchev–Trinajstić information content (AvgIpc) is 2.92. The van der Waals surface area contributed by atoms with E-state index in [0.29, 0.717) is 49.8 Å². The number of aliphatic hydroxyl groups is 1. The van der Waals surface area contributed by atoms with Crippen LogP contribution in [-0.4, -0.2) is 61.4 Å². The molecule has 1 fully saturated rings. The second-order valence-corrected chi connectivity index (χ2v) is 7.58. The predicted octanol–water partition coefficient (Wildman–Crippen LogP) is 1.87. The lowest BCUT2D eigenvalue weighted by Gasteiger charge is -2.36. The number of aliphatic hydroxyl groups excluding tert-OH is 1. The van der Waals surface area contributed by atoms with Crippen molar-refractivity contribution in [1.82, 2.24) is 10.2 Å². The molecule has 1 unspecified atom stereocenters. The molecule has 1 aromatic rings. The minimum absolute atomic E-state index is 0.0248. The van der Waals surface area contributed by atoms with Gasteiger partial charge in [0.1, 0.15) is 0 Å². The molecular formula is C21H29N3O4. The Hall–Kier alpha value is -2.30. The second kappa shape index (κ2) is 9.76.